The highest BCUT2D eigenvalue weighted by atomic mass is 16.6. The number of hydrogen-bond donors (Lipinski definition) is 0. The van der Waals surface area contributed by atoms with E-state index in [0.717, 1.165) is 22.6 Å². The highest BCUT2D eigenvalue weighted by Crippen LogP contribution is 2.26. The minimum absolute atomic E-state index is 0.286. The molecule has 0 bridgehead atoms. The monoisotopic (exact) mass is 327 g/mol. The number of hydrogen-bond acceptors (Lipinski definition) is 5. The molecule has 3 rings (SSSR count). The van der Waals surface area contributed by atoms with Crippen molar-refractivity contribution < 1.29 is 14.3 Å². The maximum absolute atomic E-state index is 12.2. The summed E-state index contributed by atoms with van der Waals surface area (Å²) >= 11 is 0. The number of carbonyl (C=O) groups excluding carboxylic acids is 1. The molecule has 0 aliphatic carbocycles. The van der Waals surface area contributed by atoms with E-state index in [4.69, 9.17) is 9.47 Å². The lowest BCUT2D eigenvalue weighted by atomic mass is 10.2. The molecule has 6 nitrogen and oxygen atoms in total. The van der Waals surface area contributed by atoms with Crippen LogP contribution < -0.4 is 4.74 Å². The van der Waals surface area contributed by atoms with Gasteiger partial charge in [0.15, 0.2) is 0 Å². The zero-order valence-corrected chi connectivity index (χ0v) is 14.4. The molecule has 2 aromatic rings. The molecule has 0 spiro atoms. The minimum atomic E-state index is -0.517. The molecule has 1 aliphatic rings. The SMILES string of the molecule is Cc1ccccc1Oc1ncc2c(n1)CN(C(=O)OC(C)(C)C)C2. The van der Waals surface area contributed by atoms with Gasteiger partial charge >= 0.3 is 12.1 Å². The van der Waals surface area contributed by atoms with Gasteiger partial charge in [0, 0.05) is 11.8 Å². The van der Waals surface area contributed by atoms with Crippen LogP contribution in [0, 0.1) is 6.92 Å². The third kappa shape index (κ3) is 3.64. The molecule has 1 aromatic heterocycles. The fraction of sp³-hybridized carbons (Fsp3) is 0.389. The lowest BCUT2D eigenvalue weighted by molar-refractivity contribution is 0.0240. The lowest BCUT2D eigenvalue weighted by Crippen LogP contribution is -2.33. The fourth-order valence-electron chi connectivity index (χ4n) is 2.41. The number of rotatable bonds is 2. The fourth-order valence-corrected chi connectivity index (χ4v) is 2.41. The molecular weight excluding hydrogens is 306 g/mol. The average Bonchev–Trinajstić information content (AvgIpc) is 2.91. The molecule has 0 atom stereocenters. The van der Waals surface area contributed by atoms with E-state index in [1.807, 2.05) is 52.0 Å². The number of ether oxygens (including phenoxy) is 2. The van der Waals surface area contributed by atoms with E-state index in [9.17, 15) is 4.79 Å². The molecular formula is C18H21N3O3. The van der Waals surface area contributed by atoms with Gasteiger partial charge in [0.2, 0.25) is 0 Å². The van der Waals surface area contributed by atoms with Crippen LogP contribution in [0.25, 0.3) is 0 Å². The van der Waals surface area contributed by atoms with Gasteiger partial charge in [0.05, 0.1) is 18.8 Å². The Morgan fingerprint density at radius 2 is 1.96 bits per heavy atom. The van der Waals surface area contributed by atoms with Crippen LogP contribution in [-0.2, 0) is 17.8 Å². The van der Waals surface area contributed by atoms with Crippen LogP contribution in [0.15, 0.2) is 30.5 Å². The van der Waals surface area contributed by atoms with E-state index in [1.54, 1.807) is 11.1 Å². The number of fused-ring (bicyclic) bond motifs is 1. The smallest absolute Gasteiger partial charge is 0.410 e. The molecule has 0 unspecified atom stereocenters. The summed E-state index contributed by atoms with van der Waals surface area (Å²) in [5, 5.41) is 0. The number of para-hydroxylation sites is 1. The van der Waals surface area contributed by atoms with Crippen LogP contribution in [0.5, 0.6) is 11.8 Å². The largest absolute Gasteiger partial charge is 0.444 e. The first-order valence-electron chi connectivity index (χ1n) is 7.88. The molecule has 0 N–H and O–H groups in total. The predicted molar refractivity (Wildman–Crippen MR) is 88.8 cm³/mol. The summed E-state index contributed by atoms with van der Waals surface area (Å²) in [4.78, 5) is 22.5. The summed E-state index contributed by atoms with van der Waals surface area (Å²) in [5.41, 5.74) is 2.20. The molecule has 1 aromatic carbocycles. The van der Waals surface area contributed by atoms with Gasteiger partial charge in [-0.1, -0.05) is 18.2 Å². The van der Waals surface area contributed by atoms with E-state index < -0.39 is 5.60 Å². The Hall–Kier alpha value is -2.63. The second kappa shape index (κ2) is 6.11. The van der Waals surface area contributed by atoms with Crippen molar-refractivity contribution in [2.45, 2.75) is 46.4 Å². The molecule has 0 saturated carbocycles. The van der Waals surface area contributed by atoms with Crippen molar-refractivity contribution in [2.24, 2.45) is 0 Å². The van der Waals surface area contributed by atoms with Crippen LogP contribution in [-0.4, -0.2) is 26.6 Å². The molecule has 1 aliphatic heterocycles. The first kappa shape index (κ1) is 16.2. The predicted octanol–water partition coefficient (Wildman–Crippen LogP) is 3.83. The van der Waals surface area contributed by atoms with E-state index in [1.165, 1.54) is 0 Å². The molecule has 0 fully saturated rings. The summed E-state index contributed by atoms with van der Waals surface area (Å²) in [7, 11) is 0. The molecule has 6 heteroatoms. The number of carbonyl (C=O) groups is 1. The van der Waals surface area contributed by atoms with Gasteiger partial charge < -0.3 is 9.47 Å². The minimum Gasteiger partial charge on any atom is -0.444 e. The van der Waals surface area contributed by atoms with Crippen molar-refractivity contribution in [3.05, 3.63) is 47.3 Å². The topological polar surface area (TPSA) is 64.6 Å². The van der Waals surface area contributed by atoms with Gasteiger partial charge in [0.1, 0.15) is 11.4 Å². The van der Waals surface area contributed by atoms with E-state index in [2.05, 4.69) is 9.97 Å². The van der Waals surface area contributed by atoms with Crippen LogP contribution in [0.1, 0.15) is 37.6 Å². The van der Waals surface area contributed by atoms with Crippen LogP contribution in [0.2, 0.25) is 0 Å². The third-order valence-electron chi connectivity index (χ3n) is 3.58. The van der Waals surface area contributed by atoms with Gasteiger partial charge in [-0.25, -0.2) is 9.78 Å². The number of amides is 1. The van der Waals surface area contributed by atoms with Crippen LogP contribution >= 0.6 is 0 Å². The number of aromatic nitrogens is 2. The van der Waals surface area contributed by atoms with Crippen molar-refractivity contribution >= 4 is 6.09 Å². The molecule has 126 valence electrons. The average molecular weight is 327 g/mol. The molecule has 24 heavy (non-hydrogen) atoms. The van der Waals surface area contributed by atoms with E-state index in [-0.39, 0.29) is 12.1 Å². The highest BCUT2D eigenvalue weighted by molar-refractivity contribution is 5.69. The van der Waals surface area contributed by atoms with Crippen molar-refractivity contribution in [3.8, 4) is 11.8 Å². The Bertz CT molecular complexity index is 768. The van der Waals surface area contributed by atoms with Crippen molar-refractivity contribution in [1.82, 2.24) is 14.9 Å². The van der Waals surface area contributed by atoms with Crippen LogP contribution in [0.3, 0.4) is 0 Å². The number of aryl methyl sites for hydroxylation is 1. The van der Waals surface area contributed by atoms with Crippen molar-refractivity contribution in [2.75, 3.05) is 0 Å². The van der Waals surface area contributed by atoms with Crippen molar-refractivity contribution in [1.29, 1.82) is 0 Å². The standard InChI is InChI=1S/C18H21N3O3/c1-12-7-5-6-8-15(12)23-16-19-9-13-10-21(11-14(13)20-16)17(22)24-18(2,3)4/h5-9H,10-11H2,1-4H3. The van der Waals surface area contributed by atoms with Gasteiger partial charge in [0.25, 0.3) is 0 Å². The zero-order chi connectivity index (χ0) is 17.3. The Balaban J connectivity index is 1.72. The maximum Gasteiger partial charge on any atom is 0.410 e. The number of benzene rings is 1. The number of nitrogens with zero attached hydrogens (tertiary/aromatic N) is 3. The van der Waals surface area contributed by atoms with E-state index in [0.29, 0.717) is 13.1 Å². The third-order valence-corrected chi connectivity index (χ3v) is 3.58. The first-order chi connectivity index (χ1) is 11.3. The summed E-state index contributed by atoms with van der Waals surface area (Å²) in [5.74, 6) is 0.722. The van der Waals surface area contributed by atoms with Gasteiger partial charge in [-0.15, -0.1) is 0 Å². The molecule has 2 heterocycles. The Morgan fingerprint density at radius 3 is 2.67 bits per heavy atom. The zero-order valence-electron chi connectivity index (χ0n) is 14.4. The van der Waals surface area contributed by atoms with Gasteiger partial charge in [-0.05, 0) is 39.3 Å². The van der Waals surface area contributed by atoms with E-state index >= 15 is 0 Å². The summed E-state index contributed by atoms with van der Waals surface area (Å²) < 4.78 is 11.2. The molecule has 0 radical (unpaired) electrons. The summed E-state index contributed by atoms with van der Waals surface area (Å²) in [6.45, 7) is 8.37. The summed E-state index contributed by atoms with van der Waals surface area (Å²) in [6.07, 6.45) is 1.36. The normalized spacial score (nSPS) is 13.6. The Labute approximate surface area is 141 Å². The molecule has 0 saturated heterocycles. The quantitative estimate of drug-likeness (QED) is 0.839. The van der Waals surface area contributed by atoms with Crippen molar-refractivity contribution in [3.63, 3.8) is 0 Å². The highest BCUT2D eigenvalue weighted by Gasteiger charge is 2.29. The summed E-state index contributed by atoms with van der Waals surface area (Å²) in [6, 6.07) is 7.98. The first-order valence-corrected chi connectivity index (χ1v) is 7.88. The maximum atomic E-state index is 12.2. The second-order valence-electron chi connectivity index (χ2n) is 6.83. The van der Waals surface area contributed by atoms with Gasteiger partial charge in [-0.2, -0.15) is 4.98 Å². The van der Waals surface area contributed by atoms with Crippen LogP contribution in [0.4, 0.5) is 4.79 Å². The Kier molecular flexibility index (Phi) is 4.13. The van der Waals surface area contributed by atoms with Gasteiger partial charge in [-0.3, -0.25) is 4.90 Å². The molecule has 1 amide bonds. The lowest BCUT2D eigenvalue weighted by Gasteiger charge is -2.23. The second-order valence-corrected chi connectivity index (χ2v) is 6.83. The Morgan fingerprint density at radius 1 is 1.21 bits per heavy atom.